The smallest absolute Gasteiger partial charge is 0.102 e. The highest BCUT2D eigenvalue weighted by Crippen LogP contribution is 2.55. The second kappa shape index (κ2) is 6.95. The van der Waals surface area contributed by atoms with E-state index in [1.54, 1.807) is 0 Å². The summed E-state index contributed by atoms with van der Waals surface area (Å²) in [5.74, 6) is 0. The molecule has 0 radical (unpaired) electrons. The van der Waals surface area contributed by atoms with Gasteiger partial charge in [0, 0.05) is 18.7 Å². The Morgan fingerprint density at radius 2 is 1.27 bits per heavy atom. The van der Waals surface area contributed by atoms with E-state index in [0.717, 1.165) is 29.9 Å². The Balaban J connectivity index is 1.66. The van der Waals surface area contributed by atoms with Gasteiger partial charge in [-0.25, -0.2) is 0 Å². The number of anilines is 1. The summed E-state index contributed by atoms with van der Waals surface area (Å²) in [6.45, 7) is 2.03. The molecule has 156 valence electrons. The van der Waals surface area contributed by atoms with Crippen LogP contribution in [0.5, 0.6) is 0 Å². The average molecular weight is 423 g/mol. The molecule has 2 nitrogen and oxygen atoms in total. The van der Waals surface area contributed by atoms with Gasteiger partial charge in [0.2, 0.25) is 0 Å². The maximum atomic E-state index is 10.4. The molecule has 2 heteroatoms. The van der Waals surface area contributed by atoms with Gasteiger partial charge in [0.25, 0.3) is 0 Å². The number of nitriles is 1. The molecule has 1 saturated heterocycles. The van der Waals surface area contributed by atoms with E-state index in [-0.39, 0.29) is 0 Å². The van der Waals surface area contributed by atoms with E-state index in [1.165, 1.54) is 62.2 Å². The second-order valence-electron chi connectivity index (χ2n) is 9.11. The van der Waals surface area contributed by atoms with Crippen LogP contribution >= 0.6 is 0 Å². The molecule has 0 saturated carbocycles. The van der Waals surface area contributed by atoms with Crippen LogP contribution in [0.3, 0.4) is 0 Å². The van der Waals surface area contributed by atoms with Gasteiger partial charge < -0.3 is 4.90 Å². The summed E-state index contributed by atoms with van der Waals surface area (Å²) in [7, 11) is 0. The molecule has 0 atom stereocenters. The van der Waals surface area contributed by atoms with E-state index in [1.807, 2.05) is 0 Å². The van der Waals surface area contributed by atoms with Gasteiger partial charge in [-0.15, -0.1) is 0 Å². The molecular weight excluding hydrogens is 400 g/mol. The molecule has 0 amide bonds. The van der Waals surface area contributed by atoms with E-state index >= 15 is 0 Å². The molecular formula is C31H22N2. The summed E-state index contributed by atoms with van der Waals surface area (Å²) in [4.78, 5) is 2.41. The van der Waals surface area contributed by atoms with Gasteiger partial charge in [0.1, 0.15) is 6.07 Å². The normalized spacial score (nSPS) is 14.1. The van der Waals surface area contributed by atoms with E-state index in [0.29, 0.717) is 0 Å². The molecule has 1 aliphatic carbocycles. The van der Waals surface area contributed by atoms with Gasteiger partial charge in [-0.1, -0.05) is 78.9 Å². The van der Waals surface area contributed by atoms with Crippen molar-refractivity contribution < 1.29 is 0 Å². The van der Waals surface area contributed by atoms with Crippen LogP contribution in [0.1, 0.15) is 18.4 Å². The molecule has 0 N–H and O–H groups in total. The molecule has 1 aliphatic heterocycles. The van der Waals surface area contributed by atoms with E-state index < -0.39 is 0 Å². The molecule has 0 aromatic heterocycles. The highest BCUT2D eigenvalue weighted by Gasteiger charge is 2.31. The summed E-state index contributed by atoms with van der Waals surface area (Å²) in [5.41, 5.74) is 9.11. The van der Waals surface area contributed by atoms with Crippen molar-refractivity contribution in [2.24, 2.45) is 0 Å². The Hall–Kier alpha value is -4.09. The zero-order valence-electron chi connectivity index (χ0n) is 18.3. The highest BCUT2D eigenvalue weighted by molar-refractivity contribution is 6.21. The lowest BCUT2D eigenvalue weighted by atomic mass is 9.87. The van der Waals surface area contributed by atoms with Crippen molar-refractivity contribution in [1.82, 2.24) is 0 Å². The molecule has 0 bridgehead atoms. The van der Waals surface area contributed by atoms with Crippen molar-refractivity contribution >= 4 is 27.2 Å². The minimum atomic E-state index is 0.819. The Labute approximate surface area is 193 Å². The number of benzene rings is 5. The minimum absolute atomic E-state index is 0.819. The van der Waals surface area contributed by atoms with Crippen LogP contribution in [0.15, 0.2) is 84.9 Å². The number of hydrogen-bond donors (Lipinski definition) is 0. The fourth-order valence-electron chi connectivity index (χ4n) is 5.97. The molecule has 0 spiro atoms. The zero-order valence-corrected chi connectivity index (χ0v) is 18.3. The third-order valence-electron chi connectivity index (χ3n) is 7.39. The molecule has 1 fully saturated rings. The van der Waals surface area contributed by atoms with Gasteiger partial charge in [0.05, 0.1) is 11.3 Å². The topological polar surface area (TPSA) is 27.0 Å². The number of hydrogen-bond acceptors (Lipinski definition) is 2. The summed E-state index contributed by atoms with van der Waals surface area (Å²) < 4.78 is 0. The lowest BCUT2D eigenvalue weighted by Crippen LogP contribution is -2.19. The van der Waals surface area contributed by atoms with E-state index in [4.69, 9.17) is 0 Å². The second-order valence-corrected chi connectivity index (χ2v) is 9.11. The fraction of sp³-hybridized carbons (Fsp3) is 0.129. The third kappa shape index (κ3) is 2.54. The van der Waals surface area contributed by atoms with Crippen LogP contribution in [0.2, 0.25) is 0 Å². The van der Waals surface area contributed by atoms with Crippen molar-refractivity contribution in [2.45, 2.75) is 12.8 Å². The average Bonchev–Trinajstić information content (AvgIpc) is 3.52. The van der Waals surface area contributed by atoms with Crippen molar-refractivity contribution in [3.63, 3.8) is 0 Å². The lowest BCUT2D eigenvalue weighted by Gasteiger charge is -2.24. The Morgan fingerprint density at radius 1 is 0.636 bits per heavy atom. The van der Waals surface area contributed by atoms with E-state index in [9.17, 15) is 5.26 Å². The van der Waals surface area contributed by atoms with E-state index in [2.05, 4.69) is 95.9 Å². The highest BCUT2D eigenvalue weighted by atomic mass is 15.1. The maximum absolute atomic E-state index is 10.4. The predicted molar refractivity (Wildman–Crippen MR) is 137 cm³/mol. The van der Waals surface area contributed by atoms with Crippen LogP contribution in [0.25, 0.3) is 54.9 Å². The number of fused-ring (bicyclic) bond motifs is 4. The lowest BCUT2D eigenvalue weighted by molar-refractivity contribution is 0.949. The zero-order chi connectivity index (χ0) is 21.9. The molecule has 33 heavy (non-hydrogen) atoms. The van der Waals surface area contributed by atoms with Crippen molar-refractivity contribution in [2.75, 3.05) is 18.0 Å². The van der Waals surface area contributed by atoms with Gasteiger partial charge in [-0.3, -0.25) is 0 Å². The number of rotatable bonds is 2. The third-order valence-corrected chi connectivity index (χ3v) is 7.39. The Bertz CT molecular complexity index is 1620. The van der Waals surface area contributed by atoms with Crippen LogP contribution in [0, 0.1) is 11.3 Å². The first-order valence-corrected chi connectivity index (χ1v) is 11.7. The summed E-state index contributed by atoms with van der Waals surface area (Å²) in [6, 6.07) is 33.2. The Kier molecular flexibility index (Phi) is 3.89. The van der Waals surface area contributed by atoms with Crippen molar-refractivity contribution in [3.8, 4) is 39.4 Å². The van der Waals surface area contributed by atoms with Crippen molar-refractivity contribution in [3.05, 3.63) is 90.5 Å². The van der Waals surface area contributed by atoms with Gasteiger partial charge in [0.15, 0.2) is 0 Å². The Morgan fingerprint density at radius 3 is 2.03 bits per heavy atom. The van der Waals surface area contributed by atoms with Crippen LogP contribution in [-0.4, -0.2) is 13.1 Å². The van der Waals surface area contributed by atoms with Gasteiger partial charge in [-0.2, -0.15) is 5.26 Å². The van der Waals surface area contributed by atoms with Crippen molar-refractivity contribution in [1.29, 1.82) is 5.26 Å². The fourth-order valence-corrected chi connectivity index (χ4v) is 5.97. The summed E-state index contributed by atoms with van der Waals surface area (Å²) >= 11 is 0. The first kappa shape index (κ1) is 18.5. The monoisotopic (exact) mass is 422 g/mol. The van der Waals surface area contributed by atoms with Crippen LogP contribution < -0.4 is 4.90 Å². The minimum Gasteiger partial charge on any atom is -0.370 e. The summed E-state index contributed by atoms with van der Waals surface area (Å²) in [6.07, 6.45) is 2.36. The first-order chi connectivity index (χ1) is 16.3. The molecule has 0 unspecified atom stereocenters. The SMILES string of the molecule is N#Cc1c(N2CCCC2)cc(-c2cccc3ccccc23)c2c1-c1cccc3cccc-2c13. The molecule has 1 heterocycles. The standard InChI is InChI=1S/C31H22N2/c32-19-27-28(33-16-3-4-17-33)18-26(23-13-5-9-20-8-1-2-12-22(20)23)30-24-14-6-10-21-11-7-15-25(29(21)24)31(27)30/h1-2,5-15,18H,3-4,16-17H2. The molecule has 7 rings (SSSR count). The predicted octanol–water partition coefficient (Wildman–Crippen LogP) is 7.78. The first-order valence-electron chi connectivity index (χ1n) is 11.7. The molecule has 5 aromatic rings. The van der Waals surface area contributed by atoms with Crippen LogP contribution in [0.4, 0.5) is 5.69 Å². The van der Waals surface area contributed by atoms with Gasteiger partial charge >= 0.3 is 0 Å². The largest absolute Gasteiger partial charge is 0.370 e. The number of nitrogens with zero attached hydrogens (tertiary/aromatic N) is 2. The quantitative estimate of drug-likeness (QED) is 0.285. The maximum Gasteiger partial charge on any atom is 0.102 e. The molecule has 2 aliphatic rings. The van der Waals surface area contributed by atoms with Gasteiger partial charge in [-0.05, 0) is 68.3 Å². The van der Waals surface area contributed by atoms with Crippen LogP contribution in [-0.2, 0) is 0 Å². The molecule has 5 aromatic carbocycles. The summed E-state index contributed by atoms with van der Waals surface area (Å²) in [5, 5.41) is 15.4.